The summed E-state index contributed by atoms with van der Waals surface area (Å²) in [4.78, 5) is 12.0. The summed E-state index contributed by atoms with van der Waals surface area (Å²) in [6.45, 7) is 2.69. The van der Waals surface area contributed by atoms with Gasteiger partial charge in [0, 0.05) is 17.1 Å². The second-order valence-corrected chi connectivity index (χ2v) is 5.22. The Balaban J connectivity index is 2.46. The Morgan fingerprint density at radius 2 is 2.24 bits per heavy atom. The average molecular weight is 254 g/mol. The van der Waals surface area contributed by atoms with Crippen LogP contribution in [0.4, 0.5) is 5.69 Å². The fourth-order valence-corrected chi connectivity index (χ4v) is 2.32. The molecule has 0 saturated heterocycles. The number of amides is 1. The quantitative estimate of drug-likeness (QED) is 0.593. The molecule has 1 rings (SSSR count). The molecule has 1 amide bonds. The predicted octanol–water partition coefficient (Wildman–Crippen LogP) is 1.29. The van der Waals surface area contributed by atoms with Gasteiger partial charge in [-0.3, -0.25) is 9.00 Å². The summed E-state index contributed by atoms with van der Waals surface area (Å²) in [7, 11) is -1.32. The summed E-state index contributed by atoms with van der Waals surface area (Å²) in [5.74, 6) is -0.188. The van der Waals surface area contributed by atoms with Crippen molar-refractivity contribution in [1.29, 1.82) is 0 Å². The third kappa shape index (κ3) is 4.99. The maximum Gasteiger partial charge on any atom is 0.232 e. The Bertz CT molecular complexity index is 407. The molecule has 0 saturated carbocycles. The normalized spacial score (nSPS) is 12.1. The average Bonchev–Trinajstić information content (AvgIpc) is 2.29. The van der Waals surface area contributed by atoms with E-state index in [0.29, 0.717) is 17.1 Å². The molecule has 0 radical (unpaired) electrons. The first-order valence-electron chi connectivity index (χ1n) is 5.64. The standard InChI is InChI=1S/C12H18N2O2S/c1-2-3-7-14-12(15)9-17(16)11-6-4-5-10(13)8-11/h4-6,8H,2-3,7,9,13H2,1H3,(H,14,15). The summed E-state index contributed by atoms with van der Waals surface area (Å²) in [5, 5.41) is 2.74. The molecule has 17 heavy (non-hydrogen) atoms. The van der Waals surface area contributed by atoms with Gasteiger partial charge in [0.15, 0.2) is 0 Å². The lowest BCUT2D eigenvalue weighted by molar-refractivity contribution is -0.118. The van der Waals surface area contributed by atoms with Gasteiger partial charge in [0.25, 0.3) is 0 Å². The van der Waals surface area contributed by atoms with E-state index in [1.165, 1.54) is 0 Å². The van der Waals surface area contributed by atoms with Gasteiger partial charge in [-0.05, 0) is 24.6 Å². The number of benzene rings is 1. The minimum atomic E-state index is -1.32. The van der Waals surface area contributed by atoms with E-state index in [0.717, 1.165) is 12.8 Å². The second-order valence-electron chi connectivity index (χ2n) is 3.77. The summed E-state index contributed by atoms with van der Waals surface area (Å²) in [5.41, 5.74) is 6.15. The van der Waals surface area contributed by atoms with Crippen molar-refractivity contribution in [3.05, 3.63) is 24.3 Å². The van der Waals surface area contributed by atoms with Gasteiger partial charge in [0.1, 0.15) is 5.75 Å². The third-order valence-electron chi connectivity index (χ3n) is 2.24. The monoisotopic (exact) mass is 254 g/mol. The Hall–Kier alpha value is -1.36. The van der Waals surface area contributed by atoms with Crippen LogP contribution in [0.2, 0.25) is 0 Å². The van der Waals surface area contributed by atoms with Gasteiger partial charge < -0.3 is 11.1 Å². The molecule has 3 N–H and O–H groups in total. The lowest BCUT2D eigenvalue weighted by Gasteiger charge is -2.05. The van der Waals surface area contributed by atoms with Crippen LogP contribution >= 0.6 is 0 Å². The first kappa shape index (κ1) is 13.7. The molecule has 0 aliphatic heterocycles. The molecule has 0 aliphatic carbocycles. The highest BCUT2D eigenvalue weighted by Crippen LogP contribution is 2.10. The van der Waals surface area contributed by atoms with Crippen LogP contribution in [-0.2, 0) is 15.6 Å². The predicted molar refractivity (Wildman–Crippen MR) is 70.0 cm³/mol. The first-order valence-corrected chi connectivity index (χ1v) is 6.96. The fourth-order valence-electron chi connectivity index (χ4n) is 1.31. The summed E-state index contributed by atoms with van der Waals surface area (Å²) >= 11 is 0. The molecular formula is C12H18N2O2S. The van der Waals surface area contributed by atoms with Gasteiger partial charge in [-0.25, -0.2) is 0 Å². The minimum absolute atomic E-state index is 0.00678. The number of rotatable bonds is 6. The number of unbranched alkanes of at least 4 members (excludes halogenated alkanes) is 1. The number of nitrogens with two attached hydrogens (primary N) is 1. The van der Waals surface area contributed by atoms with Gasteiger partial charge in [0.2, 0.25) is 5.91 Å². The van der Waals surface area contributed by atoms with Gasteiger partial charge in [-0.2, -0.15) is 0 Å². The maximum absolute atomic E-state index is 11.8. The number of carbonyl (C=O) groups excluding carboxylic acids is 1. The molecule has 4 nitrogen and oxygen atoms in total. The van der Waals surface area contributed by atoms with E-state index in [1.807, 2.05) is 0 Å². The van der Waals surface area contributed by atoms with Crippen LogP contribution in [0.25, 0.3) is 0 Å². The smallest absolute Gasteiger partial charge is 0.232 e. The van der Waals surface area contributed by atoms with E-state index in [2.05, 4.69) is 12.2 Å². The van der Waals surface area contributed by atoms with Crippen molar-refractivity contribution in [2.45, 2.75) is 24.7 Å². The molecule has 0 spiro atoms. The number of carbonyl (C=O) groups is 1. The molecule has 5 heteroatoms. The van der Waals surface area contributed by atoms with E-state index < -0.39 is 10.8 Å². The molecule has 94 valence electrons. The topological polar surface area (TPSA) is 72.2 Å². The molecule has 0 fully saturated rings. The van der Waals surface area contributed by atoms with E-state index >= 15 is 0 Å². The lowest BCUT2D eigenvalue weighted by atomic mass is 10.3. The van der Waals surface area contributed by atoms with Crippen molar-refractivity contribution in [2.24, 2.45) is 0 Å². The number of nitrogens with one attached hydrogen (secondary N) is 1. The van der Waals surface area contributed by atoms with Crippen molar-refractivity contribution in [3.8, 4) is 0 Å². The van der Waals surface area contributed by atoms with Gasteiger partial charge in [-0.1, -0.05) is 19.4 Å². The SMILES string of the molecule is CCCCNC(=O)CS(=O)c1cccc(N)c1. The first-order chi connectivity index (χ1) is 8.13. The molecule has 0 aliphatic rings. The highest BCUT2D eigenvalue weighted by molar-refractivity contribution is 7.85. The van der Waals surface area contributed by atoms with Gasteiger partial charge in [-0.15, -0.1) is 0 Å². The number of nitrogen functional groups attached to an aromatic ring is 1. The molecule has 1 aromatic rings. The zero-order chi connectivity index (χ0) is 12.7. The number of hydrogen-bond donors (Lipinski definition) is 2. The van der Waals surface area contributed by atoms with Crippen molar-refractivity contribution >= 4 is 22.4 Å². The van der Waals surface area contributed by atoms with Crippen LogP contribution in [0.15, 0.2) is 29.2 Å². The molecule has 1 unspecified atom stereocenters. The van der Waals surface area contributed by atoms with Crippen LogP contribution in [0, 0.1) is 0 Å². The minimum Gasteiger partial charge on any atom is -0.399 e. The van der Waals surface area contributed by atoms with Crippen molar-refractivity contribution in [1.82, 2.24) is 5.32 Å². The summed E-state index contributed by atoms with van der Waals surface area (Å²) in [6.07, 6.45) is 1.97. The maximum atomic E-state index is 11.8. The summed E-state index contributed by atoms with van der Waals surface area (Å²) in [6, 6.07) is 6.81. The van der Waals surface area contributed by atoms with E-state index in [1.54, 1.807) is 24.3 Å². The second kappa shape index (κ2) is 7.06. The highest BCUT2D eigenvalue weighted by Gasteiger charge is 2.09. The summed E-state index contributed by atoms with van der Waals surface area (Å²) < 4.78 is 11.8. The van der Waals surface area contributed by atoms with Crippen LogP contribution in [0.3, 0.4) is 0 Å². The molecule has 0 aromatic heterocycles. The van der Waals surface area contributed by atoms with Crippen LogP contribution < -0.4 is 11.1 Å². The Labute approximate surface area is 104 Å². The van der Waals surface area contributed by atoms with Crippen LogP contribution in [-0.4, -0.2) is 22.4 Å². The fraction of sp³-hybridized carbons (Fsp3) is 0.417. The molecule has 0 heterocycles. The molecule has 1 atom stereocenters. The largest absolute Gasteiger partial charge is 0.399 e. The Morgan fingerprint density at radius 1 is 1.47 bits per heavy atom. The zero-order valence-electron chi connectivity index (χ0n) is 9.94. The van der Waals surface area contributed by atoms with Crippen molar-refractivity contribution < 1.29 is 9.00 Å². The lowest BCUT2D eigenvalue weighted by Crippen LogP contribution is -2.29. The molecule has 1 aromatic carbocycles. The van der Waals surface area contributed by atoms with E-state index in [9.17, 15) is 9.00 Å². The number of anilines is 1. The highest BCUT2D eigenvalue weighted by atomic mass is 32.2. The van der Waals surface area contributed by atoms with E-state index in [-0.39, 0.29) is 11.7 Å². The van der Waals surface area contributed by atoms with Gasteiger partial charge in [0.05, 0.1) is 10.8 Å². The van der Waals surface area contributed by atoms with E-state index in [4.69, 9.17) is 5.73 Å². The Morgan fingerprint density at radius 3 is 2.88 bits per heavy atom. The zero-order valence-corrected chi connectivity index (χ0v) is 10.8. The number of hydrogen-bond acceptors (Lipinski definition) is 3. The van der Waals surface area contributed by atoms with Crippen LogP contribution in [0.1, 0.15) is 19.8 Å². The third-order valence-corrected chi connectivity index (χ3v) is 3.54. The van der Waals surface area contributed by atoms with Gasteiger partial charge >= 0.3 is 0 Å². The molecule has 0 bridgehead atoms. The Kier molecular flexibility index (Phi) is 5.69. The molecular weight excluding hydrogens is 236 g/mol. The van der Waals surface area contributed by atoms with Crippen molar-refractivity contribution in [3.63, 3.8) is 0 Å². The van der Waals surface area contributed by atoms with Crippen molar-refractivity contribution in [2.75, 3.05) is 18.0 Å². The van der Waals surface area contributed by atoms with Crippen LogP contribution in [0.5, 0.6) is 0 Å².